The number of rotatable bonds is 53. The molecule has 0 bridgehead atoms. The summed E-state index contributed by atoms with van der Waals surface area (Å²) in [5, 5.41) is 13.9. The molecule has 0 rings (SSSR count). The number of carbonyl (C=O) groups excluding carboxylic acids is 1. The van der Waals surface area contributed by atoms with Crippen molar-refractivity contribution in [3.63, 3.8) is 0 Å². The fraction of sp³-hybridized carbons (Fsp3) is 0.946. The molecule has 0 fully saturated rings. The van der Waals surface area contributed by atoms with Crippen LogP contribution in [0.5, 0.6) is 0 Å². The third-order valence-electron chi connectivity index (χ3n) is 13.3. The molecule has 0 aliphatic heterocycles. The van der Waals surface area contributed by atoms with Crippen molar-refractivity contribution in [3.05, 3.63) is 12.2 Å². The number of carbonyl (C=O) groups is 1. The van der Waals surface area contributed by atoms with Gasteiger partial charge in [-0.25, -0.2) is 4.57 Å². The summed E-state index contributed by atoms with van der Waals surface area (Å²) >= 11 is 0. The average Bonchev–Trinajstić information content (AvgIpc) is 3.26. The number of nitrogens with one attached hydrogen (secondary N) is 1. The van der Waals surface area contributed by atoms with Gasteiger partial charge < -0.3 is 19.8 Å². The Morgan fingerprint density at radius 2 is 0.815 bits per heavy atom. The van der Waals surface area contributed by atoms with Gasteiger partial charge in [-0.3, -0.25) is 13.8 Å². The molecule has 0 aliphatic carbocycles. The van der Waals surface area contributed by atoms with Gasteiger partial charge in [-0.05, 0) is 19.3 Å². The summed E-state index contributed by atoms with van der Waals surface area (Å²) in [6.45, 7) is 4.85. The minimum absolute atomic E-state index is 0.0649. The van der Waals surface area contributed by atoms with Crippen molar-refractivity contribution < 1.29 is 32.9 Å². The van der Waals surface area contributed by atoms with Gasteiger partial charge >= 0.3 is 7.82 Å². The predicted octanol–water partition coefficient (Wildman–Crippen LogP) is 17.0. The lowest BCUT2D eigenvalue weighted by Gasteiger charge is -2.25. The number of hydrogen-bond donors (Lipinski definition) is 3. The SMILES string of the molecule is CCCCCCCCCCCCCCCCCCCCCCCCCCCCCCC/C=C/C(O)C(COP(=O)(O)OCC[N+](C)(C)C)NC(=O)CCCCCCCCCCCCCC. The largest absolute Gasteiger partial charge is 0.472 e. The van der Waals surface area contributed by atoms with Crippen molar-refractivity contribution in [2.24, 2.45) is 0 Å². The number of aliphatic hydroxyl groups excluding tert-OH is 1. The minimum Gasteiger partial charge on any atom is -0.387 e. The fourth-order valence-corrected chi connectivity index (χ4v) is 9.49. The number of phosphoric acid groups is 1. The van der Waals surface area contributed by atoms with E-state index in [2.05, 4.69) is 19.2 Å². The smallest absolute Gasteiger partial charge is 0.387 e. The van der Waals surface area contributed by atoms with Crippen LogP contribution >= 0.6 is 7.82 Å². The number of amides is 1. The van der Waals surface area contributed by atoms with Gasteiger partial charge in [0.2, 0.25) is 5.91 Å². The molecule has 0 saturated carbocycles. The highest BCUT2D eigenvalue weighted by Crippen LogP contribution is 2.43. The summed E-state index contributed by atoms with van der Waals surface area (Å²) in [6.07, 6.45) is 59.0. The van der Waals surface area contributed by atoms with Crippen LogP contribution in [0.2, 0.25) is 0 Å². The van der Waals surface area contributed by atoms with Crippen LogP contribution in [0.1, 0.15) is 290 Å². The Labute approximate surface area is 405 Å². The molecule has 0 radical (unpaired) electrons. The first kappa shape index (κ1) is 64.2. The van der Waals surface area contributed by atoms with Gasteiger partial charge in [0.25, 0.3) is 0 Å². The van der Waals surface area contributed by atoms with Crippen molar-refractivity contribution >= 4 is 13.7 Å². The zero-order valence-corrected chi connectivity index (χ0v) is 45.2. The maximum Gasteiger partial charge on any atom is 0.472 e. The van der Waals surface area contributed by atoms with Crippen LogP contribution in [0.25, 0.3) is 0 Å². The molecule has 3 atom stereocenters. The first-order valence-electron chi connectivity index (χ1n) is 28.6. The number of quaternary nitrogens is 1. The summed E-state index contributed by atoms with van der Waals surface area (Å²) < 4.78 is 23.7. The lowest BCUT2D eigenvalue weighted by Crippen LogP contribution is -2.45. The van der Waals surface area contributed by atoms with Gasteiger partial charge in [-0.2, -0.15) is 0 Å². The van der Waals surface area contributed by atoms with Gasteiger partial charge in [-0.15, -0.1) is 0 Å². The standard InChI is InChI=1S/C56H113N2O6P/c1-6-8-10-12-14-16-18-20-21-22-23-24-25-26-27-28-29-30-31-32-33-34-35-36-37-38-39-41-43-45-47-49-55(59)54(53-64-65(61,62)63-52-51-58(3,4)5)57-56(60)50-48-46-44-42-40-19-17-15-13-11-9-7-2/h47,49,54-55,59H,6-46,48,50-53H2,1-5H3,(H-,57,60,61,62)/p+1/b49-47+. The molecule has 0 aromatic carbocycles. The van der Waals surface area contributed by atoms with E-state index in [1.165, 1.54) is 238 Å². The molecular formula is C56H114N2O6P+. The highest BCUT2D eigenvalue weighted by molar-refractivity contribution is 7.47. The number of phosphoric ester groups is 1. The third kappa shape index (κ3) is 50.9. The second-order valence-corrected chi connectivity index (χ2v) is 22.5. The Morgan fingerprint density at radius 1 is 0.508 bits per heavy atom. The molecule has 65 heavy (non-hydrogen) atoms. The Bertz CT molecular complexity index is 1070. The molecule has 9 heteroatoms. The van der Waals surface area contributed by atoms with Crippen molar-refractivity contribution in [2.75, 3.05) is 40.9 Å². The van der Waals surface area contributed by atoms with E-state index in [1.54, 1.807) is 6.08 Å². The summed E-state index contributed by atoms with van der Waals surface area (Å²) in [6, 6.07) is -0.841. The number of hydrogen-bond acceptors (Lipinski definition) is 5. The second kappa shape index (κ2) is 48.3. The van der Waals surface area contributed by atoms with Crippen molar-refractivity contribution in [1.82, 2.24) is 5.32 Å². The van der Waals surface area contributed by atoms with E-state index in [9.17, 15) is 19.4 Å². The molecule has 0 spiro atoms. The molecule has 0 aliphatic rings. The molecule has 0 aromatic heterocycles. The number of unbranched alkanes of at least 4 members (excludes halogenated alkanes) is 40. The number of nitrogens with zero attached hydrogens (tertiary/aromatic N) is 1. The molecule has 0 heterocycles. The quantitative estimate of drug-likeness (QED) is 0.0243. The summed E-state index contributed by atoms with van der Waals surface area (Å²) in [5.74, 6) is -0.173. The normalized spacial score (nSPS) is 14.0. The molecule has 3 N–H and O–H groups in total. The van der Waals surface area contributed by atoms with Crippen LogP contribution in [0.3, 0.4) is 0 Å². The summed E-state index contributed by atoms with van der Waals surface area (Å²) in [7, 11) is 1.59. The van der Waals surface area contributed by atoms with Crippen LogP contribution in [-0.2, 0) is 18.4 Å². The monoisotopic (exact) mass is 942 g/mol. The topological polar surface area (TPSA) is 105 Å². The van der Waals surface area contributed by atoms with E-state index < -0.39 is 20.0 Å². The van der Waals surface area contributed by atoms with Crippen molar-refractivity contribution in [3.8, 4) is 0 Å². The predicted molar refractivity (Wildman–Crippen MR) is 282 cm³/mol. The van der Waals surface area contributed by atoms with E-state index in [0.717, 1.165) is 32.1 Å². The third-order valence-corrected chi connectivity index (χ3v) is 14.2. The van der Waals surface area contributed by atoms with Crippen LogP contribution in [0, 0.1) is 0 Å². The Balaban J connectivity index is 4.03. The first-order valence-corrected chi connectivity index (χ1v) is 30.1. The number of allylic oxidation sites excluding steroid dienone is 1. The van der Waals surface area contributed by atoms with Crippen LogP contribution in [0.4, 0.5) is 0 Å². The van der Waals surface area contributed by atoms with E-state index in [0.29, 0.717) is 17.4 Å². The molecule has 0 saturated heterocycles. The summed E-state index contributed by atoms with van der Waals surface area (Å²) in [4.78, 5) is 23.2. The number of aliphatic hydroxyl groups is 1. The molecule has 388 valence electrons. The molecular weight excluding hydrogens is 828 g/mol. The molecule has 1 amide bonds. The zero-order chi connectivity index (χ0) is 47.8. The van der Waals surface area contributed by atoms with E-state index >= 15 is 0 Å². The minimum atomic E-state index is -4.34. The van der Waals surface area contributed by atoms with Crippen LogP contribution < -0.4 is 5.32 Å². The first-order chi connectivity index (χ1) is 31.5. The lowest BCUT2D eigenvalue weighted by molar-refractivity contribution is -0.870. The molecule has 3 unspecified atom stereocenters. The van der Waals surface area contributed by atoms with E-state index in [1.807, 2.05) is 27.2 Å². The van der Waals surface area contributed by atoms with Crippen LogP contribution in [0.15, 0.2) is 12.2 Å². The average molecular weight is 943 g/mol. The van der Waals surface area contributed by atoms with Crippen LogP contribution in [-0.4, -0.2) is 73.4 Å². The fourth-order valence-electron chi connectivity index (χ4n) is 8.75. The molecule has 8 nitrogen and oxygen atoms in total. The number of likely N-dealkylation sites (N-methyl/N-ethyl adjacent to an activating group) is 1. The van der Waals surface area contributed by atoms with Gasteiger partial charge in [0, 0.05) is 6.42 Å². The lowest BCUT2D eigenvalue weighted by atomic mass is 10.0. The Kier molecular flexibility index (Phi) is 47.7. The van der Waals surface area contributed by atoms with E-state index in [4.69, 9.17) is 9.05 Å². The van der Waals surface area contributed by atoms with Crippen molar-refractivity contribution in [2.45, 2.75) is 302 Å². The van der Waals surface area contributed by atoms with E-state index in [-0.39, 0.29) is 19.1 Å². The highest BCUT2D eigenvalue weighted by atomic mass is 31.2. The van der Waals surface area contributed by atoms with Gasteiger partial charge in [0.1, 0.15) is 13.2 Å². The highest BCUT2D eigenvalue weighted by Gasteiger charge is 2.27. The van der Waals surface area contributed by atoms with Crippen molar-refractivity contribution in [1.29, 1.82) is 0 Å². The maximum atomic E-state index is 12.9. The summed E-state index contributed by atoms with van der Waals surface area (Å²) in [5.41, 5.74) is 0. The zero-order valence-electron chi connectivity index (χ0n) is 44.3. The Hall–Kier alpha value is -0.760. The van der Waals surface area contributed by atoms with Gasteiger partial charge in [-0.1, -0.05) is 276 Å². The Morgan fingerprint density at radius 3 is 1.14 bits per heavy atom. The maximum absolute atomic E-state index is 12.9. The molecule has 0 aromatic rings. The van der Waals surface area contributed by atoms with Gasteiger partial charge in [0.05, 0.1) is 39.9 Å². The second-order valence-electron chi connectivity index (χ2n) is 21.0. The van der Waals surface area contributed by atoms with Gasteiger partial charge in [0.15, 0.2) is 0 Å².